The van der Waals surface area contributed by atoms with Crippen molar-refractivity contribution in [3.05, 3.63) is 15.6 Å². The highest BCUT2D eigenvalue weighted by atomic mass is 32.1. The molecule has 0 aliphatic heterocycles. The molecule has 1 N–H and O–H groups in total. The van der Waals surface area contributed by atoms with E-state index in [9.17, 15) is 4.79 Å². The molecule has 0 fully saturated rings. The summed E-state index contributed by atoms with van der Waals surface area (Å²) in [6.07, 6.45) is 2.37. The van der Waals surface area contributed by atoms with Gasteiger partial charge in [-0.05, 0) is 20.3 Å². The molecule has 4 heteroatoms. The van der Waals surface area contributed by atoms with E-state index in [4.69, 9.17) is 0 Å². The van der Waals surface area contributed by atoms with Gasteiger partial charge in [0.2, 0.25) is 5.91 Å². The summed E-state index contributed by atoms with van der Waals surface area (Å²) in [6, 6.07) is 0. The predicted molar refractivity (Wildman–Crippen MR) is 63.2 cm³/mol. The maximum Gasteiger partial charge on any atom is 0.219 e. The van der Waals surface area contributed by atoms with Crippen LogP contribution in [0.2, 0.25) is 0 Å². The maximum absolute atomic E-state index is 11.2. The normalized spacial score (nSPS) is 10.3. The van der Waals surface area contributed by atoms with Gasteiger partial charge in [0, 0.05) is 24.3 Å². The van der Waals surface area contributed by atoms with Gasteiger partial charge in [0.1, 0.15) is 0 Å². The smallest absolute Gasteiger partial charge is 0.219 e. The SMILES string of the molecule is CCCC(=O)NCCc1nc(C)c(C)s1. The first-order valence-corrected chi connectivity index (χ1v) is 6.14. The Bertz CT molecular complexity index is 314. The van der Waals surface area contributed by atoms with Crippen molar-refractivity contribution >= 4 is 17.2 Å². The lowest BCUT2D eigenvalue weighted by molar-refractivity contribution is -0.121. The molecule has 1 rings (SSSR count). The van der Waals surface area contributed by atoms with Crippen LogP contribution in [0.1, 0.15) is 35.3 Å². The van der Waals surface area contributed by atoms with Gasteiger partial charge in [0.15, 0.2) is 0 Å². The molecule has 1 aromatic heterocycles. The number of aryl methyl sites for hydroxylation is 2. The van der Waals surface area contributed by atoms with E-state index in [1.165, 1.54) is 4.88 Å². The summed E-state index contributed by atoms with van der Waals surface area (Å²) in [7, 11) is 0. The summed E-state index contributed by atoms with van der Waals surface area (Å²) in [5.74, 6) is 0.141. The van der Waals surface area contributed by atoms with Crippen LogP contribution in [0.15, 0.2) is 0 Å². The molecule has 1 aromatic rings. The van der Waals surface area contributed by atoms with Crippen molar-refractivity contribution in [2.45, 2.75) is 40.0 Å². The largest absolute Gasteiger partial charge is 0.356 e. The average Bonchev–Trinajstić information content (AvgIpc) is 2.46. The minimum absolute atomic E-state index is 0.141. The molecule has 0 aromatic carbocycles. The van der Waals surface area contributed by atoms with E-state index in [-0.39, 0.29) is 5.91 Å². The van der Waals surface area contributed by atoms with Gasteiger partial charge in [-0.3, -0.25) is 4.79 Å². The Balaban J connectivity index is 2.28. The van der Waals surface area contributed by atoms with E-state index in [0.717, 1.165) is 23.5 Å². The lowest BCUT2D eigenvalue weighted by Crippen LogP contribution is -2.25. The van der Waals surface area contributed by atoms with Gasteiger partial charge in [-0.15, -0.1) is 11.3 Å². The fraction of sp³-hybridized carbons (Fsp3) is 0.636. The fourth-order valence-corrected chi connectivity index (χ4v) is 2.20. The van der Waals surface area contributed by atoms with Crippen LogP contribution in [0.5, 0.6) is 0 Å². The number of amides is 1. The first-order chi connectivity index (χ1) is 7.13. The predicted octanol–water partition coefficient (Wildman–Crippen LogP) is 2.22. The molecule has 1 amide bonds. The second-order valence-electron chi connectivity index (χ2n) is 3.60. The topological polar surface area (TPSA) is 42.0 Å². The zero-order chi connectivity index (χ0) is 11.3. The highest BCUT2D eigenvalue weighted by molar-refractivity contribution is 7.11. The maximum atomic E-state index is 11.2. The molecule has 0 unspecified atom stereocenters. The monoisotopic (exact) mass is 226 g/mol. The number of carbonyl (C=O) groups is 1. The average molecular weight is 226 g/mol. The molecule has 1 heterocycles. The Labute approximate surface area is 94.9 Å². The number of rotatable bonds is 5. The van der Waals surface area contributed by atoms with Crippen LogP contribution < -0.4 is 5.32 Å². The van der Waals surface area contributed by atoms with Crippen LogP contribution in [-0.4, -0.2) is 17.4 Å². The molecular weight excluding hydrogens is 208 g/mol. The molecule has 0 atom stereocenters. The third-order valence-electron chi connectivity index (χ3n) is 2.21. The van der Waals surface area contributed by atoms with Crippen molar-refractivity contribution in [1.82, 2.24) is 10.3 Å². The number of hydrogen-bond donors (Lipinski definition) is 1. The number of thiazole rings is 1. The van der Waals surface area contributed by atoms with Crippen molar-refractivity contribution < 1.29 is 4.79 Å². The second-order valence-corrected chi connectivity index (χ2v) is 4.89. The Morgan fingerprint density at radius 3 is 2.73 bits per heavy atom. The van der Waals surface area contributed by atoms with E-state index >= 15 is 0 Å². The molecule has 0 aliphatic rings. The Morgan fingerprint density at radius 2 is 2.20 bits per heavy atom. The van der Waals surface area contributed by atoms with Crippen LogP contribution in [0.25, 0.3) is 0 Å². The summed E-state index contributed by atoms with van der Waals surface area (Å²) in [4.78, 5) is 16.9. The summed E-state index contributed by atoms with van der Waals surface area (Å²) in [5, 5.41) is 4.00. The molecule has 0 bridgehead atoms. The van der Waals surface area contributed by atoms with Crippen LogP contribution in [0.4, 0.5) is 0 Å². The zero-order valence-corrected chi connectivity index (χ0v) is 10.4. The molecule has 0 aliphatic carbocycles. The first kappa shape index (κ1) is 12.2. The number of carbonyl (C=O) groups excluding carboxylic acids is 1. The third kappa shape index (κ3) is 4.00. The second kappa shape index (κ2) is 5.85. The number of nitrogens with one attached hydrogen (secondary N) is 1. The summed E-state index contributed by atoms with van der Waals surface area (Å²) in [6.45, 7) is 6.80. The van der Waals surface area contributed by atoms with Gasteiger partial charge in [0.25, 0.3) is 0 Å². The van der Waals surface area contributed by atoms with E-state index in [0.29, 0.717) is 13.0 Å². The van der Waals surface area contributed by atoms with Gasteiger partial charge in [-0.1, -0.05) is 6.92 Å². The van der Waals surface area contributed by atoms with Crippen molar-refractivity contribution in [3.63, 3.8) is 0 Å². The summed E-state index contributed by atoms with van der Waals surface area (Å²) >= 11 is 1.72. The van der Waals surface area contributed by atoms with Crippen LogP contribution in [0.3, 0.4) is 0 Å². The van der Waals surface area contributed by atoms with E-state index in [1.807, 2.05) is 13.8 Å². The zero-order valence-electron chi connectivity index (χ0n) is 9.59. The van der Waals surface area contributed by atoms with Gasteiger partial charge in [-0.2, -0.15) is 0 Å². The molecule has 15 heavy (non-hydrogen) atoms. The lowest BCUT2D eigenvalue weighted by atomic mass is 10.3. The third-order valence-corrected chi connectivity index (χ3v) is 3.34. The van der Waals surface area contributed by atoms with Gasteiger partial charge < -0.3 is 5.32 Å². The molecule has 84 valence electrons. The Morgan fingerprint density at radius 1 is 1.47 bits per heavy atom. The van der Waals surface area contributed by atoms with E-state index in [1.54, 1.807) is 11.3 Å². The standard InChI is InChI=1S/C11H18N2OS/c1-4-5-10(14)12-7-6-11-13-8(2)9(3)15-11/h4-7H2,1-3H3,(H,12,14). The quantitative estimate of drug-likeness (QED) is 0.836. The van der Waals surface area contributed by atoms with Gasteiger partial charge in [-0.25, -0.2) is 4.98 Å². The Hall–Kier alpha value is -0.900. The molecule has 3 nitrogen and oxygen atoms in total. The molecule has 0 radical (unpaired) electrons. The lowest BCUT2D eigenvalue weighted by Gasteiger charge is -2.01. The van der Waals surface area contributed by atoms with E-state index < -0.39 is 0 Å². The highest BCUT2D eigenvalue weighted by Crippen LogP contribution is 2.16. The summed E-state index contributed by atoms with van der Waals surface area (Å²) < 4.78 is 0. The van der Waals surface area contributed by atoms with Crippen LogP contribution in [-0.2, 0) is 11.2 Å². The highest BCUT2D eigenvalue weighted by Gasteiger charge is 2.04. The minimum Gasteiger partial charge on any atom is -0.356 e. The number of aromatic nitrogens is 1. The van der Waals surface area contributed by atoms with Crippen molar-refractivity contribution in [3.8, 4) is 0 Å². The molecule has 0 saturated heterocycles. The molecule has 0 spiro atoms. The first-order valence-electron chi connectivity index (χ1n) is 5.33. The van der Waals surface area contributed by atoms with Crippen molar-refractivity contribution in [1.29, 1.82) is 0 Å². The van der Waals surface area contributed by atoms with Crippen molar-refractivity contribution in [2.24, 2.45) is 0 Å². The molecule has 0 saturated carbocycles. The van der Waals surface area contributed by atoms with Gasteiger partial charge in [0.05, 0.1) is 10.7 Å². The number of hydrogen-bond acceptors (Lipinski definition) is 3. The minimum atomic E-state index is 0.141. The number of nitrogens with zero attached hydrogens (tertiary/aromatic N) is 1. The molecular formula is C11H18N2OS. The fourth-order valence-electron chi connectivity index (χ4n) is 1.27. The summed E-state index contributed by atoms with van der Waals surface area (Å²) in [5.41, 5.74) is 1.11. The van der Waals surface area contributed by atoms with E-state index in [2.05, 4.69) is 17.2 Å². The van der Waals surface area contributed by atoms with Crippen LogP contribution >= 0.6 is 11.3 Å². The Kier molecular flexibility index (Phi) is 4.75. The van der Waals surface area contributed by atoms with Crippen LogP contribution in [0, 0.1) is 13.8 Å². The van der Waals surface area contributed by atoms with Crippen molar-refractivity contribution in [2.75, 3.05) is 6.54 Å². The van der Waals surface area contributed by atoms with Gasteiger partial charge >= 0.3 is 0 Å².